The summed E-state index contributed by atoms with van der Waals surface area (Å²) >= 11 is 0. The average molecular weight is 296 g/mol. The van der Waals surface area contributed by atoms with Gasteiger partial charge in [0.15, 0.2) is 5.76 Å². The summed E-state index contributed by atoms with van der Waals surface area (Å²) in [5.41, 5.74) is 2.07. The van der Waals surface area contributed by atoms with Gasteiger partial charge in [0.25, 0.3) is 0 Å². The van der Waals surface area contributed by atoms with Gasteiger partial charge in [0.1, 0.15) is 5.84 Å². The Hall–Kier alpha value is -2.30. The third kappa shape index (κ3) is 2.36. The second-order valence-corrected chi connectivity index (χ2v) is 6.08. The van der Waals surface area contributed by atoms with Gasteiger partial charge in [0.2, 0.25) is 0 Å². The topological polar surface area (TPSA) is 62.5 Å². The van der Waals surface area contributed by atoms with E-state index in [1.54, 1.807) is 6.20 Å². The molecule has 1 fully saturated rings. The van der Waals surface area contributed by atoms with Crippen molar-refractivity contribution in [1.82, 2.24) is 10.5 Å². The quantitative estimate of drug-likeness (QED) is 0.888. The molecule has 1 aliphatic heterocycles. The van der Waals surface area contributed by atoms with E-state index < -0.39 is 0 Å². The number of aromatic nitrogens is 1. The number of amidine groups is 1. The zero-order valence-corrected chi connectivity index (χ0v) is 12.5. The van der Waals surface area contributed by atoms with Gasteiger partial charge in [-0.15, -0.1) is 0 Å². The van der Waals surface area contributed by atoms with Crippen LogP contribution in [-0.4, -0.2) is 16.5 Å². The Morgan fingerprint density at radius 3 is 2.82 bits per heavy atom. The Labute approximate surface area is 129 Å². The second-order valence-electron chi connectivity index (χ2n) is 6.08. The van der Waals surface area contributed by atoms with Gasteiger partial charge < -0.3 is 15.2 Å². The first kappa shape index (κ1) is 13.4. The summed E-state index contributed by atoms with van der Waals surface area (Å²) in [6, 6.07) is 10.1. The number of hydrogen-bond donors (Lipinski definition) is 2. The van der Waals surface area contributed by atoms with Crippen molar-refractivity contribution in [3.05, 3.63) is 42.3 Å². The van der Waals surface area contributed by atoms with Crippen molar-refractivity contribution in [2.75, 3.05) is 5.32 Å². The summed E-state index contributed by atoms with van der Waals surface area (Å²) < 4.78 is 5.18. The lowest BCUT2D eigenvalue weighted by Gasteiger charge is -2.42. The average Bonchev–Trinajstić information content (AvgIpc) is 3.07. The molecule has 2 N–H and O–H groups in total. The van der Waals surface area contributed by atoms with Crippen LogP contribution < -0.4 is 10.6 Å². The lowest BCUT2D eigenvalue weighted by molar-refractivity contribution is 0.372. The molecule has 0 unspecified atom stereocenters. The van der Waals surface area contributed by atoms with Crippen LogP contribution in [-0.2, 0) is 6.54 Å². The van der Waals surface area contributed by atoms with Crippen LogP contribution in [0.3, 0.4) is 0 Å². The van der Waals surface area contributed by atoms with E-state index in [-0.39, 0.29) is 5.54 Å². The predicted molar refractivity (Wildman–Crippen MR) is 86.3 cm³/mol. The van der Waals surface area contributed by atoms with Crippen molar-refractivity contribution in [2.24, 2.45) is 4.99 Å². The number of aliphatic imine (C=N–C) groups is 1. The molecule has 5 heteroatoms. The Bertz CT molecular complexity index is 672. The van der Waals surface area contributed by atoms with E-state index >= 15 is 0 Å². The first-order chi connectivity index (χ1) is 10.9. The minimum Gasteiger partial charge on any atom is -0.371 e. The molecule has 1 saturated carbocycles. The minimum absolute atomic E-state index is 0.0629. The van der Waals surface area contributed by atoms with E-state index in [2.05, 4.69) is 27.9 Å². The molecule has 1 aromatic carbocycles. The van der Waals surface area contributed by atoms with Crippen LogP contribution in [0.2, 0.25) is 0 Å². The maximum absolute atomic E-state index is 5.18. The number of nitrogens with zero attached hydrogens (tertiary/aromatic N) is 2. The van der Waals surface area contributed by atoms with Crippen molar-refractivity contribution in [3.63, 3.8) is 0 Å². The molecule has 0 radical (unpaired) electrons. The number of nitrogens with one attached hydrogen (secondary N) is 2. The number of benzene rings is 1. The molecule has 1 aliphatic carbocycles. The summed E-state index contributed by atoms with van der Waals surface area (Å²) in [7, 11) is 0. The molecule has 5 nitrogen and oxygen atoms in total. The van der Waals surface area contributed by atoms with Gasteiger partial charge in [0.05, 0.1) is 29.7 Å². The molecule has 2 heterocycles. The molecule has 2 aliphatic rings. The highest BCUT2D eigenvalue weighted by Gasteiger charge is 2.40. The molecule has 22 heavy (non-hydrogen) atoms. The summed E-state index contributed by atoms with van der Waals surface area (Å²) in [5, 5.41) is 11.0. The van der Waals surface area contributed by atoms with Crippen LogP contribution in [0.1, 0.15) is 37.9 Å². The third-order valence-electron chi connectivity index (χ3n) is 4.59. The summed E-state index contributed by atoms with van der Waals surface area (Å²) in [5.74, 6) is 1.86. The Morgan fingerprint density at radius 2 is 2.00 bits per heavy atom. The number of fused-ring (bicyclic) bond motifs is 1. The second kappa shape index (κ2) is 5.48. The van der Waals surface area contributed by atoms with Crippen LogP contribution in [0, 0.1) is 0 Å². The van der Waals surface area contributed by atoms with Crippen molar-refractivity contribution in [1.29, 1.82) is 0 Å². The normalized spacial score (nSPS) is 19.2. The number of para-hydroxylation sites is 2. The molecule has 4 rings (SSSR count). The number of hydrogen-bond acceptors (Lipinski definition) is 5. The highest BCUT2D eigenvalue weighted by atomic mass is 16.5. The van der Waals surface area contributed by atoms with Crippen LogP contribution in [0.15, 0.2) is 46.0 Å². The third-order valence-corrected chi connectivity index (χ3v) is 4.59. The molecule has 1 spiro atoms. The maximum Gasteiger partial charge on any atom is 0.155 e. The van der Waals surface area contributed by atoms with Gasteiger partial charge in [-0.1, -0.05) is 36.6 Å². The summed E-state index contributed by atoms with van der Waals surface area (Å²) in [4.78, 5) is 4.90. The largest absolute Gasteiger partial charge is 0.371 e. The van der Waals surface area contributed by atoms with Gasteiger partial charge in [-0.3, -0.25) is 0 Å². The van der Waals surface area contributed by atoms with Crippen LogP contribution in [0.4, 0.5) is 11.4 Å². The molecular weight excluding hydrogens is 276 g/mol. The Balaban J connectivity index is 1.65. The van der Waals surface area contributed by atoms with Gasteiger partial charge in [0, 0.05) is 6.07 Å². The zero-order valence-electron chi connectivity index (χ0n) is 12.5. The first-order valence-electron chi connectivity index (χ1n) is 7.96. The van der Waals surface area contributed by atoms with Gasteiger partial charge in [-0.2, -0.15) is 0 Å². The SMILES string of the molecule is c1ccc2c(c1)N=C(NCc1ccno1)C1(CCCCC1)N2. The molecule has 0 atom stereocenters. The minimum atomic E-state index is -0.0629. The first-order valence-corrected chi connectivity index (χ1v) is 7.96. The van der Waals surface area contributed by atoms with Gasteiger partial charge in [-0.05, 0) is 25.0 Å². The number of anilines is 1. The van der Waals surface area contributed by atoms with E-state index in [0.717, 1.165) is 35.8 Å². The van der Waals surface area contributed by atoms with E-state index in [4.69, 9.17) is 9.52 Å². The maximum atomic E-state index is 5.18. The zero-order chi connectivity index (χ0) is 14.8. The molecule has 0 amide bonds. The molecule has 0 bridgehead atoms. The highest BCUT2D eigenvalue weighted by molar-refractivity contribution is 6.00. The standard InChI is InChI=1S/C17H20N4O/c1-4-9-17(10-5-1)16(18-12-13-8-11-19-22-13)20-14-6-2-3-7-15(14)21-17/h2-3,6-8,11,21H,1,4-5,9-10,12H2,(H,18,20). The van der Waals surface area contributed by atoms with E-state index in [9.17, 15) is 0 Å². The van der Waals surface area contributed by atoms with E-state index in [1.165, 1.54) is 19.3 Å². The highest BCUT2D eigenvalue weighted by Crippen LogP contribution is 2.40. The van der Waals surface area contributed by atoms with Crippen molar-refractivity contribution in [2.45, 2.75) is 44.2 Å². The predicted octanol–water partition coefficient (Wildman–Crippen LogP) is 3.62. The van der Waals surface area contributed by atoms with Crippen LogP contribution in [0.5, 0.6) is 0 Å². The molecule has 0 saturated heterocycles. The molecule has 114 valence electrons. The summed E-state index contributed by atoms with van der Waals surface area (Å²) in [6.07, 6.45) is 7.67. The Morgan fingerprint density at radius 1 is 1.14 bits per heavy atom. The fourth-order valence-electron chi connectivity index (χ4n) is 3.45. The van der Waals surface area contributed by atoms with Crippen LogP contribution >= 0.6 is 0 Å². The Kier molecular flexibility index (Phi) is 3.33. The lowest BCUT2D eigenvalue weighted by atomic mass is 9.79. The molecule has 2 aromatic rings. The van der Waals surface area contributed by atoms with E-state index in [0.29, 0.717) is 6.54 Å². The molecular formula is C17H20N4O. The molecule has 1 aromatic heterocycles. The fraction of sp³-hybridized carbons (Fsp3) is 0.412. The van der Waals surface area contributed by atoms with E-state index in [1.807, 2.05) is 18.2 Å². The van der Waals surface area contributed by atoms with Crippen molar-refractivity contribution >= 4 is 17.2 Å². The number of rotatable bonds is 2. The monoisotopic (exact) mass is 296 g/mol. The van der Waals surface area contributed by atoms with Crippen molar-refractivity contribution in [3.8, 4) is 0 Å². The van der Waals surface area contributed by atoms with Gasteiger partial charge in [-0.25, -0.2) is 4.99 Å². The smallest absolute Gasteiger partial charge is 0.155 e. The fourth-order valence-corrected chi connectivity index (χ4v) is 3.45. The lowest BCUT2D eigenvalue weighted by Crippen LogP contribution is -2.54. The van der Waals surface area contributed by atoms with Crippen LogP contribution in [0.25, 0.3) is 0 Å². The summed E-state index contributed by atoms with van der Waals surface area (Å²) in [6.45, 7) is 0.616. The van der Waals surface area contributed by atoms with Gasteiger partial charge >= 0.3 is 0 Å². The van der Waals surface area contributed by atoms with Crippen molar-refractivity contribution < 1.29 is 4.52 Å².